The highest BCUT2D eigenvalue weighted by molar-refractivity contribution is 7.91. The summed E-state index contributed by atoms with van der Waals surface area (Å²) in [6.07, 6.45) is 0.0837. The topological polar surface area (TPSA) is 76.4 Å². The van der Waals surface area contributed by atoms with Crippen molar-refractivity contribution < 1.29 is 18.3 Å². The van der Waals surface area contributed by atoms with Gasteiger partial charge in [-0.1, -0.05) is 64.4 Å². The number of halogens is 1. The molecule has 3 aromatic rings. The number of aromatic nitrogens is 1. The van der Waals surface area contributed by atoms with E-state index < -0.39 is 26.6 Å². The van der Waals surface area contributed by atoms with Crippen molar-refractivity contribution in [3.05, 3.63) is 64.3 Å². The highest BCUT2D eigenvalue weighted by Gasteiger charge is 2.36. The van der Waals surface area contributed by atoms with E-state index in [4.69, 9.17) is 11.6 Å². The highest BCUT2D eigenvalue weighted by atomic mass is 35.5. The van der Waals surface area contributed by atoms with Crippen molar-refractivity contribution in [2.24, 2.45) is 10.8 Å². The van der Waals surface area contributed by atoms with Crippen LogP contribution in [-0.2, 0) is 27.6 Å². The van der Waals surface area contributed by atoms with Gasteiger partial charge in [0.05, 0.1) is 16.1 Å². The molecule has 7 heteroatoms. The Kier molecular flexibility index (Phi) is 7.50. The average Bonchev–Trinajstić information content (AvgIpc) is 3.00. The second kappa shape index (κ2) is 9.62. The molecule has 0 fully saturated rings. The van der Waals surface area contributed by atoms with Crippen LogP contribution < -0.4 is 0 Å². The van der Waals surface area contributed by atoms with Gasteiger partial charge >= 0.3 is 5.97 Å². The summed E-state index contributed by atoms with van der Waals surface area (Å²) in [4.78, 5) is 12.4. The normalized spacial score (nSPS) is 13.1. The number of carboxylic acids is 1. The van der Waals surface area contributed by atoms with Crippen molar-refractivity contribution in [2.45, 2.75) is 72.2 Å². The molecule has 0 aliphatic carbocycles. The molecule has 2 aromatic carbocycles. The van der Waals surface area contributed by atoms with E-state index in [1.807, 2.05) is 55.7 Å². The molecule has 1 aromatic heterocycles. The Morgan fingerprint density at radius 2 is 1.63 bits per heavy atom. The highest BCUT2D eigenvalue weighted by Crippen LogP contribution is 2.38. The first-order valence-electron chi connectivity index (χ1n) is 11.9. The van der Waals surface area contributed by atoms with Gasteiger partial charge in [-0.05, 0) is 60.6 Å². The maximum Gasteiger partial charge on any atom is 0.309 e. The molecule has 0 radical (unpaired) electrons. The smallest absolute Gasteiger partial charge is 0.309 e. The number of fused-ring (bicyclic) bond motifs is 1. The fraction of sp³-hybridized carbons (Fsp3) is 0.464. The van der Waals surface area contributed by atoms with E-state index in [2.05, 4.69) is 13.8 Å². The number of aliphatic carboxylic acids is 1. The van der Waals surface area contributed by atoms with Gasteiger partial charge in [-0.25, -0.2) is 8.42 Å². The number of sulfone groups is 1. The largest absolute Gasteiger partial charge is 0.481 e. The maximum atomic E-state index is 14.0. The molecule has 0 unspecified atom stereocenters. The quantitative estimate of drug-likeness (QED) is 0.351. The summed E-state index contributed by atoms with van der Waals surface area (Å²) in [5, 5.41) is 11.2. The van der Waals surface area contributed by atoms with Gasteiger partial charge in [0.25, 0.3) is 0 Å². The van der Waals surface area contributed by atoms with E-state index in [0.29, 0.717) is 22.6 Å². The molecule has 0 bridgehead atoms. The van der Waals surface area contributed by atoms with Crippen molar-refractivity contribution in [1.29, 1.82) is 0 Å². The van der Waals surface area contributed by atoms with Gasteiger partial charge in [0.2, 0.25) is 0 Å². The van der Waals surface area contributed by atoms with Crippen LogP contribution in [0.2, 0.25) is 5.02 Å². The van der Waals surface area contributed by atoms with E-state index in [1.54, 1.807) is 26.0 Å². The van der Waals surface area contributed by atoms with Crippen molar-refractivity contribution in [3.8, 4) is 0 Å². The first-order valence-corrected chi connectivity index (χ1v) is 13.9. The number of benzene rings is 2. The lowest BCUT2D eigenvalue weighted by molar-refractivity contribution is -0.146. The number of hydrogen-bond donors (Lipinski definition) is 1. The summed E-state index contributed by atoms with van der Waals surface area (Å²) >= 11 is 6.08. The number of carbonyl (C=O) groups is 1. The van der Waals surface area contributed by atoms with Gasteiger partial charge in [0.15, 0.2) is 9.84 Å². The lowest BCUT2D eigenvalue weighted by Crippen LogP contribution is -2.29. The van der Waals surface area contributed by atoms with E-state index in [0.717, 1.165) is 16.6 Å². The van der Waals surface area contributed by atoms with Crippen LogP contribution in [0.1, 0.15) is 71.2 Å². The van der Waals surface area contributed by atoms with Crippen LogP contribution >= 0.6 is 11.6 Å². The van der Waals surface area contributed by atoms with Crippen LogP contribution in [0.5, 0.6) is 0 Å². The Morgan fingerprint density at radius 1 is 1.03 bits per heavy atom. The molecule has 0 atom stereocenters. The maximum absolute atomic E-state index is 14.0. The summed E-state index contributed by atoms with van der Waals surface area (Å²) in [6, 6.07) is 13.4. The van der Waals surface area contributed by atoms with Gasteiger partial charge in [-0.15, -0.1) is 0 Å². The molecule has 1 N–H and O–H groups in total. The summed E-state index contributed by atoms with van der Waals surface area (Å²) in [7, 11) is -3.73. The van der Waals surface area contributed by atoms with Gasteiger partial charge in [0, 0.05) is 34.6 Å². The van der Waals surface area contributed by atoms with Crippen LogP contribution in [0.25, 0.3) is 10.9 Å². The van der Waals surface area contributed by atoms with Crippen molar-refractivity contribution in [1.82, 2.24) is 4.57 Å². The van der Waals surface area contributed by atoms with Crippen LogP contribution in [-0.4, -0.2) is 29.8 Å². The third-order valence-corrected chi connectivity index (χ3v) is 8.76. The van der Waals surface area contributed by atoms with Gasteiger partial charge in [-0.2, -0.15) is 0 Å². The molecule has 0 amide bonds. The minimum absolute atomic E-state index is 0.0353. The van der Waals surface area contributed by atoms with E-state index >= 15 is 0 Å². The Balaban J connectivity index is 2.41. The summed E-state index contributed by atoms with van der Waals surface area (Å²) in [6.45, 7) is 13.5. The summed E-state index contributed by atoms with van der Waals surface area (Å²) in [5.41, 5.74) is 1.70. The van der Waals surface area contributed by atoms with E-state index in [-0.39, 0.29) is 23.0 Å². The second-order valence-electron chi connectivity index (χ2n) is 11.6. The molecule has 1 heterocycles. The van der Waals surface area contributed by atoms with Crippen LogP contribution in [0.3, 0.4) is 0 Å². The number of carboxylic acid groups (broad SMARTS) is 1. The van der Waals surface area contributed by atoms with Crippen LogP contribution in [0.15, 0.2) is 47.4 Å². The van der Waals surface area contributed by atoms with Gasteiger partial charge in [0.1, 0.15) is 0 Å². The zero-order valence-corrected chi connectivity index (χ0v) is 23.2. The van der Waals surface area contributed by atoms with Crippen molar-refractivity contribution in [2.75, 3.05) is 5.75 Å². The fourth-order valence-corrected chi connectivity index (χ4v) is 6.82. The van der Waals surface area contributed by atoms with Crippen LogP contribution in [0.4, 0.5) is 0 Å². The molecule has 35 heavy (non-hydrogen) atoms. The minimum atomic E-state index is -3.73. The first kappa shape index (κ1) is 27.3. The third-order valence-electron chi connectivity index (χ3n) is 6.19. The average molecular weight is 518 g/mol. The molecule has 190 valence electrons. The Labute approximate surface area is 214 Å². The zero-order valence-electron chi connectivity index (χ0n) is 21.6. The Bertz CT molecular complexity index is 1340. The standard InChI is InChI=1S/C28H36ClNO4S/c1-18(2)20-10-13-23-22(14-20)25(35(33,34)17-27(3,4)5)24(15-28(6,7)26(31)32)30(23)16-19-8-11-21(29)12-9-19/h8-14,18H,15-17H2,1-7H3,(H,31,32). The SMILES string of the molecule is CC(C)c1ccc2c(c1)c(S(=O)(=O)CC(C)(C)C)c(CC(C)(C)C(=O)O)n2Cc1ccc(Cl)cc1. The molecule has 0 aliphatic heterocycles. The third kappa shape index (κ3) is 6.10. The zero-order chi connectivity index (χ0) is 26.3. The fourth-order valence-electron chi connectivity index (χ4n) is 4.37. The summed E-state index contributed by atoms with van der Waals surface area (Å²) in [5.74, 6) is -0.786. The molecule has 0 saturated carbocycles. The monoisotopic (exact) mass is 517 g/mol. The van der Waals surface area contributed by atoms with Crippen molar-refractivity contribution >= 4 is 38.3 Å². The Morgan fingerprint density at radius 3 is 2.14 bits per heavy atom. The predicted molar refractivity (Wildman–Crippen MR) is 143 cm³/mol. The number of nitrogens with zero attached hydrogens (tertiary/aromatic N) is 1. The molecule has 5 nitrogen and oxygen atoms in total. The van der Waals surface area contributed by atoms with Gasteiger partial charge < -0.3 is 9.67 Å². The second-order valence-corrected chi connectivity index (χ2v) is 14.0. The molecule has 3 rings (SSSR count). The lowest BCUT2D eigenvalue weighted by atomic mass is 9.88. The van der Waals surface area contributed by atoms with E-state index in [9.17, 15) is 18.3 Å². The predicted octanol–water partition coefficient (Wildman–Crippen LogP) is 6.94. The van der Waals surface area contributed by atoms with Crippen molar-refractivity contribution in [3.63, 3.8) is 0 Å². The minimum Gasteiger partial charge on any atom is -0.481 e. The molecule has 0 saturated heterocycles. The van der Waals surface area contributed by atoms with E-state index in [1.165, 1.54) is 0 Å². The lowest BCUT2D eigenvalue weighted by Gasteiger charge is -2.23. The molecular formula is C28H36ClNO4S. The molecule has 0 aliphatic rings. The first-order chi connectivity index (χ1) is 16.0. The molecule has 0 spiro atoms. The summed E-state index contributed by atoms with van der Waals surface area (Å²) < 4.78 is 29.9. The van der Waals surface area contributed by atoms with Gasteiger partial charge in [-0.3, -0.25) is 4.79 Å². The van der Waals surface area contributed by atoms with Crippen LogP contribution in [0, 0.1) is 10.8 Å². The number of hydrogen-bond acceptors (Lipinski definition) is 3. The Hall–Kier alpha value is -2.31. The molecular weight excluding hydrogens is 482 g/mol. The number of rotatable bonds is 8.